The molecule has 1 heterocycles. The zero-order valence-electron chi connectivity index (χ0n) is 22.9. The topological polar surface area (TPSA) is 70.1 Å². The van der Waals surface area contributed by atoms with Gasteiger partial charge in [-0.2, -0.15) is 0 Å². The fourth-order valence-corrected chi connectivity index (χ4v) is 5.84. The van der Waals surface area contributed by atoms with E-state index < -0.39 is 5.60 Å². The van der Waals surface area contributed by atoms with Gasteiger partial charge in [-0.05, 0) is 117 Å². The quantitative estimate of drug-likeness (QED) is 0.132. The Morgan fingerprint density at radius 1 is 1.03 bits per heavy atom. The van der Waals surface area contributed by atoms with Crippen molar-refractivity contribution in [2.75, 3.05) is 6.61 Å². The molecule has 1 aliphatic carbocycles. The maximum absolute atomic E-state index is 11.6. The van der Waals surface area contributed by atoms with Crippen LogP contribution in [0.4, 0.5) is 0 Å². The summed E-state index contributed by atoms with van der Waals surface area (Å²) in [5, 5.41) is 20.9. The van der Waals surface area contributed by atoms with Crippen LogP contribution in [0.2, 0.25) is 0 Å². The second kappa shape index (κ2) is 12.1. The minimum atomic E-state index is -0.790. The van der Waals surface area contributed by atoms with E-state index in [1.54, 1.807) is 0 Å². The minimum absolute atomic E-state index is 0.0822. The Morgan fingerprint density at radius 3 is 2.24 bits per heavy atom. The monoisotopic (exact) mass is 474 g/mol. The van der Waals surface area contributed by atoms with E-state index in [-0.39, 0.29) is 23.5 Å². The molecule has 0 radical (unpaired) electrons. The molecule has 2 aliphatic rings. The Labute approximate surface area is 208 Å². The lowest BCUT2D eigenvalue weighted by Crippen LogP contribution is -2.52. The van der Waals surface area contributed by atoms with Gasteiger partial charge >= 0.3 is 0 Å². The molecule has 1 saturated heterocycles. The number of ether oxygens (including phenoxy) is 1. The molecule has 4 nitrogen and oxygen atoms in total. The molecule has 1 saturated carbocycles. The molecule has 1 aliphatic heterocycles. The van der Waals surface area contributed by atoms with E-state index in [9.17, 15) is 15.0 Å². The predicted molar refractivity (Wildman–Crippen MR) is 141 cm³/mol. The van der Waals surface area contributed by atoms with Crippen LogP contribution >= 0.6 is 0 Å². The number of carbonyl (C=O) groups is 1. The van der Waals surface area contributed by atoms with Gasteiger partial charge < -0.3 is 14.9 Å². The van der Waals surface area contributed by atoms with Gasteiger partial charge in [-0.3, -0.25) is 4.79 Å². The molecule has 34 heavy (non-hydrogen) atoms. The number of aliphatic hydroxyl groups excluding tert-OH is 1. The summed E-state index contributed by atoms with van der Waals surface area (Å²) >= 11 is 0. The number of hydrogen-bond acceptors (Lipinski definition) is 4. The number of allylic oxidation sites excluding steroid dienone is 6. The fraction of sp³-hybridized carbons (Fsp3) is 0.767. The zero-order chi connectivity index (χ0) is 25.6. The molecule has 4 atom stereocenters. The highest BCUT2D eigenvalue weighted by Crippen LogP contribution is 2.55. The molecule has 0 aromatic rings. The molecule has 0 aromatic heterocycles. The summed E-state index contributed by atoms with van der Waals surface area (Å²) in [7, 11) is 0. The van der Waals surface area contributed by atoms with Crippen LogP contribution in [0.15, 0.2) is 34.4 Å². The molecular weight excluding hydrogens is 424 g/mol. The Morgan fingerprint density at radius 2 is 1.65 bits per heavy atom. The van der Waals surface area contributed by atoms with E-state index in [1.807, 2.05) is 13.8 Å². The van der Waals surface area contributed by atoms with Gasteiger partial charge in [0.2, 0.25) is 0 Å². The number of aliphatic hydroxyl groups is 2. The summed E-state index contributed by atoms with van der Waals surface area (Å²) in [6.45, 7) is 14.9. The van der Waals surface area contributed by atoms with Crippen LogP contribution in [0, 0.1) is 11.3 Å². The van der Waals surface area contributed by atoms with Gasteiger partial charge in [0.15, 0.2) is 0 Å². The molecule has 0 spiro atoms. The van der Waals surface area contributed by atoms with Crippen molar-refractivity contribution in [3.63, 3.8) is 0 Å². The average Bonchev–Trinajstić information content (AvgIpc) is 3.39. The van der Waals surface area contributed by atoms with Crippen molar-refractivity contribution in [1.29, 1.82) is 0 Å². The van der Waals surface area contributed by atoms with Crippen LogP contribution in [0.5, 0.6) is 0 Å². The van der Waals surface area contributed by atoms with Crippen molar-refractivity contribution in [2.45, 2.75) is 130 Å². The fourth-order valence-electron chi connectivity index (χ4n) is 5.84. The Bertz CT molecular complexity index is 786. The molecule has 2 rings (SSSR count). The first-order valence-electron chi connectivity index (χ1n) is 13.3. The number of carbonyl (C=O) groups excluding carboxylic acids is 1. The second-order valence-corrected chi connectivity index (χ2v) is 11.9. The highest BCUT2D eigenvalue weighted by molar-refractivity contribution is 5.74. The largest absolute Gasteiger partial charge is 0.396 e. The number of aldehydes is 1. The van der Waals surface area contributed by atoms with Gasteiger partial charge in [0, 0.05) is 12.0 Å². The molecule has 194 valence electrons. The number of hydrogen-bond donors (Lipinski definition) is 2. The van der Waals surface area contributed by atoms with E-state index in [1.165, 1.54) is 16.7 Å². The predicted octanol–water partition coefficient (Wildman–Crippen LogP) is 6.85. The summed E-state index contributed by atoms with van der Waals surface area (Å²) in [6.07, 6.45) is 15.1. The maximum Gasteiger partial charge on any atom is 0.145 e. The molecule has 4 heteroatoms. The third-order valence-electron chi connectivity index (χ3n) is 8.79. The van der Waals surface area contributed by atoms with Crippen molar-refractivity contribution < 1.29 is 19.7 Å². The van der Waals surface area contributed by atoms with E-state index in [4.69, 9.17) is 4.74 Å². The summed E-state index contributed by atoms with van der Waals surface area (Å²) < 4.78 is 5.68. The van der Waals surface area contributed by atoms with Crippen molar-refractivity contribution in [2.24, 2.45) is 11.3 Å². The van der Waals surface area contributed by atoms with Crippen molar-refractivity contribution in [1.82, 2.24) is 0 Å². The van der Waals surface area contributed by atoms with Crippen LogP contribution in [0.25, 0.3) is 0 Å². The van der Waals surface area contributed by atoms with Crippen LogP contribution in [-0.4, -0.2) is 40.4 Å². The SMILES string of the molecule is C/C(=C\CC[C@@]1(C)[C@H](CCCO)/C(=C(\C)C=O)CC[C@]1(C)O)CC/C=C(\C)CC[C@H]1OC1(C)C. The van der Waals surface area contributed by atoms with Crippen LogP contribution in [-0.2, 0) is 9.53 Å². The highest BCUT2D eigenvalue weighted by atomic mass is 16.6. The standard InChI is InChI=1S/C30H50O4/c1-22(11-8-12-23(2)15-16-27-28(4,5)34-27)13-9-18-29(6)26(14-10-20-31)25(24(3)21-32)17-19-30(29,7)33/h12-13,21,26-27,31,33H,8-11,14-20H2,1-7H3/b22-13+,23-12+,25-24+/t26-,27-,29+,30+/m1/s1. The molecule has 2 fully saturated rings. The smallest absolute Gasteiger partial charge is 0.145 e. The molecular formula is C30H50O4. The minimum Gasteiger partial charge on any atom is -0.396 e. The third-order valence-corrected chi connectivity index (χ3v) is 8.79. The number of rotatable bonds is 13. The van der Waals surface area contributed by atoms with E-state index >= 15 is 0 Å². The second-order valence-electron chi connectivity index (χ2n) is 11.9. The molecule has 0 unspecified atom stereocenters. The molecule has 0 bridgehead atoms. The normalized spacial score (nSPS) is 33.1. The lowest BCUT2D eigenvalue weighted by Gasteiger charge is -2.53. The van der Waals surface area contributed by atoms with Gasteiger partial charge in [0.1, 0.15) is 6.29 Å². The first-order valence-corrected chi connectivity index (χ1v) is 13.3. The Kier molecular flexibility index (Phi) is 10.4. The van der Waals surface area contributed by atoms with Gasteiger partial charge in [0.25, 0.3) is 0 Å². The summed E-state index contributed by atoms with van der Waals surface area (Å²) in [5.74, 6) is 0.119. The lowest BCUT2D eigenvalue weighted by atomic mass is 9.54. The van der Waals surface area contributed by atoms with Gasteiger partial charge in [-0.15, -0.1) is 0 Å². The zero-order valence-corrected chi connectivity index (χ0v) is 22.9. The van der Waals surface area contributed by atoms with E-state index in [0.29, 0.717) is 18.9 Å². The van der Waals surface area contributed by atoms with Crippen molar-refractivity contribution in [3.8, 4) is 0 Å². The van der Waals surface area contributed by atoms with Crippen LogP contribution in [0.1, 0.15) is 113 Å². The highest BCUT2D eigenvalue weighted by Gasteiger charge is 2.52. The van der Waals surface area contributed by atoms with Crippen molar-refractivity contribution in [3.05, 3.63) is 34.4 Å². The molecule has 0 aromatic carbocycles. The van der Waals surface area contributed by atoms with Gasteiger partial charge in [-0.25, -0.2) is 0 Å². The Hall–Kier alpha value is -1.23. The first kappa shape index (κ1) is 29.0. The first-order chi connectivity index (χ1) is 15.9. The van der Waals surface area contributed by atoms with Crippen LogP contribution < -0.4 is 0 Å². The van der Waals surface area contributed by atoms with E-state index in [2.05, 4.69) is 46.8 Å². The van der Waals surface area contributed by atoms with E-state index in [0.717, 1.165) is 63.2 Å². The molecule has 0 amide bonds. The van der Waals surface area contributed by atoms with Gasteiger partial charge in [-0.1, -0.05) is 35.8 Å². The molecule has 2 N–H and O–H groups in total. The van der Waals surface area contributed by atoms with Gasteiger partial charge in [0.05, 0.1) is 17.3 Å². The summed E-state index contributed by atoms with van der Waals surface area (Å²) in [5.41, 5.74) is 3.78. The summed E-state index contributed by atoms with van der Waals surface area (Å²) in [6, 6.07) is 0. The number of epoxide rings is 1. The average molecular weight is 475 g/mol. The van der Waals surface area contributed by atoms with Crippen LogP contribution in [0.3, 0.4) is 0 Å². The maximum atomic E-state index is 11.6. The lowest BCUT2D eigenvalue weighted by molar-refractivity contribution is -0.115. The third kappa shape index (κ3) is 7.38. The Balaban J connectivity index is 1.96. The van der Waals surface area contributed by atoms with Crippen molar-refractivity contribution >= 4 is 6.29 Å². The summed E-state index contributed by atoms with van der Waals surface area (Å²) in [4.78, 5) is 11.6.